The molecule has 1 unspecified atom stereocenters. The van der Waals surface area contributed by atoms with Crippen molar-refractivity contribution in [2.24, 2.45) is 5.73 Å². The maximum absolute atomic E-state index is 6.04. The first-order valence-electron chi connectivity index (χ1n) is 7.37. The van der Waals surface area contributed by atoms with Crippen molar-refractivity contribution < 1.29 is 4.74 Å². The molecule has 0 bridgehead atoms. The molecule has 0 aliphatic carbocycles. The zero-order valence-electron chi connectivity index (χ0n) is 12.6. The van der Waals surface area contributed by atoms with E-state index in [4.69, 9.17) is 10.5 Å². The van der Waals surface area contributed by atoms with Crippen molar-refractivity contribution in [3.05, 3.63) is 0 Å². The van der Waals surface area contributed by atoms with Crippen molar-refractivity contribution in [3.63, 3.8) is 0 Å². The molecule has 0 radical (unpaired) electrons. The van der Waals surface area contributed by atoms with Gasteiger partial charge >= 0.3 is 0 Å². The van der Waals surface area contributed by atoms with Crippen LogP contribution in [0.1, 0.15) is 33.6 Å². The second-order valence-corrected chi connectivity index (χ2v) is 5.43. The third-order valence-electron chi connectivity index (χ3n) is 4.51. The Kier molecular flexibility index (Phi) is 6.57. The molecular formula is C14H31N3O. The van der Waals surface area contributed by atoms with Crippen LogP contribution in [0.15, 0.2) is 0 Å². The average Bonchev–Trinajstić information content (AvgIpc) is 2.40. The highest BCUT2D eigenvalue weighted by molar-refractivity contribution is 4.91. The van der Waals surface area contributed by atoms with E-state index in [-0.39, 0.29) is 5.54 Å². The van der Waals surface area contributed by atoms with Crippen LogP contribution in [0.5, 0.6) is 0 Å². The van der Waals surface area contributed by atoms with E-state index in [1.54, 1.807) is 0 Å². The van der Waals surface area contributed by atoms with Gasteiger partial charge in [0.15, 0.2) is 0 Å². The molecule has 1 aliphatic heterocycles. The molecule has 1 fully saturated rings. The van der Waals surface area contributed by atoms with Crippen LogP contribution in [0.3, 0.4) is 0 Å². The van der Waals surface area contributed by atoms with Gasteiger partial charge in [0.1, 0.15) is 0 Å². The van der Waals surface area contributed by atoms with Gasteiger partial charge in [-0.2, -0.15) is 0 Å². The van der Waals surface area contributed by atoms with E-state index < -0.39 is 0 Å². The van der Waals surface area contributed by atoms with Crippen LogP contribution < -0.4 is 5.73 Å². The van der Waals surface area contributed by atoms with Crippen molar-refractivity contribution in [1.82, 2.24) is 9.80 Å². The first kappa shape index (κ1) is 15.9. The van der Waals surface area contributed by atoms with Gasteiger partial charge < -0.3 is 15.4 Å². The third-order valence-corrected chi connectivity index (χ3v) is 4.51. The van der Waals surface area contributed by atoms with E-state index in [1.807, 2.05) is 0 Å². The molecule has 0 saturated carbocycles. The molecule has 1 heterocycles. The fraction of sp³-hybridized carbons (Fsp3) is 1.00. The second-order valence-electron chi connectivity index (χ2n) is 5.43. The van der Waals surface area contributed by atoms with Gasteiger partial charge in [0, 0.05) is 31.7 Å². The van der Waals surface area contributed by atoms with E-state index >= 15 is 0 Å². The van der Waals surface area contributed by atoms with Crippen LogP contribution in [-0.4, -0.2) is 67.8 Å². The number of hydrogen-bond acceptors (Lipinski definition) is 4. The largest absolute Gasteiger partial charge is 0.374 e. The molecule has 2 N–H and O–H groups in total. The molecule has 4 heteroatoms. The molecule has 0 aromatic carbocycles. The fourth-order valence-electron chi connectivity index (χ4n) is 3.00. The quantitative estimate of drug-likeness (QED) is 0.743. The monoisotopic (exact) mass is 257 g/mol. The summed E-state index contributed by atoms with van der Waals surface area (Å²) in [4.78, 5) is 4.88. The topological polar surface area (TPSA) is 41.7 Å². The van der Waals surface area contributed by atoms with Crippen molar-refractivity contribution >= 4 is 0 Å². The number of rotatable bonds is 7. The SMILES string of the molecule is CCN(CC1CN(C)CCO1)C(CC)(CC)CN. The maximum Gasteiger partial charge on any atom is 0.0829 e. The van der Waals surface area contributed by atoms with Crippen LogP contribution >= 0.6 is 0 Å². The molecule has 0 aromatic heterocycles. The smallest absolute Gasteiger partial charge is 0.0829 e. The highest BCUT2D eigenvalue weighted by Crippen LogP contribution is 2.23. The van der Waals surface area contributed by atoms with Gasteiger partial charge in [-0.1, -0.05) is 20.8 Å². The van der Waals surface area contributed by atoms with Gasteiger partial charge in [-0.05, 0) is 26.4 Å². The van der Waals surface area contributed by atoms with Crippen LogP contribution in [0.4, 0.5) is 0 Å². The first-order chi connectivity index (χ1) is 8.61. The minimum Gasteiger partial charge on any atom is -0.374 e. The molecule has 1 rings (SSSR count). The van der Waals surface area contributed by atoms with Crippen molar-refractivity contribution in [2.45, 2.75) is 45.3 Å². The lowest BCUT2D eigenvalue weighted by Crippen LogP contribution is -2.57. The number of hydrogen-bond donors (Lipinski definition) is 1. The van der Waals surface area contributed by atoms with Crippen LogP contribution in [0, 0.1) is 0 Å². The molecule has 0 amide bonds. The van der Waals surface area contributed by atoms with E-state index in [0.29, 0.717) is 6.10 Å². The lowest BCUT2D eigenvalue weighted by atomic mass is 9.90. The molecule has 1 aliphatic rings. The van der Waals surface area contributed by atoms with Crippen LogP contribution in [0.2, 0.25) is 0 Å². The molecule has 4 nitrogen and oxygen atoms in total. The Labute approximate surface area is 112 Å². The number of nitrogens with zero attached hydrogens (tertiary/aromatic N) is 2. The van der Waals surface area contributed by atoms with Crippen LogP contribution in [-0.2, 0) is 4.74 Å². The number of nitrogens with two attached hydrogens (primary N) is 1. The van der Waals surface area contributed by atoms with E-state index in [1.165, 1.54) is 0 Å². The molecule has 1 atom stereocenters. The summed E-state index contributed by atoms with van der Waals surface area (Å²) in [5, 5.41) is 0. The van der Waals surface area contributed by atoms with Gasteiger partial charge in [-0.15, -0.1) is 0 Å². The highest BCUT2D eigenvalue weighted by Gasteiger charge is 2.33. The summed E-state index contributed by atoms with van der Waals surface area (Å²) < 4.78 is 5.89. The molecular weight excluding hydrogens is 226 g/mol. The maximum atomic E-state index is 6.04. The van der Waals surface area contributed by atoms with Gasteiger partial charge in [-0.3, -0.25) is 4.90 Å². The third kappa shape index (κ3) is 3.67. The summed E-state index contributed by atoms with van der Waals surface area (Å²) >= 11 is 0. The van der Waals surface area contributed by atoms with E-state index in [2.05, 4.69) is 37.6 Å². The number of morpholine rings is 1. The lowest BCUT2D eigenvalue weighted by molar-refractivity contribution is -0.0537. The molecule has 108 valence electrons. The summed E-state index contributed by atoms with van der Waals surface area (Å²) in [6, 6.07) is 0. The second kappa shape index (κ2) is 7.43. The molecule has 18 heavy (non-hydrogen) atoms. The van der Waals surface area contributed by atoms with Crippen LogP contribution in [0.25, 0.3) is 0 Å². The summed E-state index contributed by atoms with van der Waals surface area (Å²) in [5.74, 6) is 0. The Morgan fingerprint density at radius 3 is 2.44 bits per heavy atom. The number of likely N-dealkylation sites (N-methyl/N-ethyl adjacent to an activating group) is 2. The van der Waals surface area contributed by atoms with Crippen molar-refractivity contribution in [2.75, 3.05) is 46.4 Å². The zero-order valence-corrected chi connectivity index (χ0v) is 12.6. The number of ether oxygens (including phenoxy) is 1. The minimum absolute atomic E-state index is 0.147. The Morgan fingerprint density at radius 2 is 2.00 bits per heavy atom. The van der Waals surface area contributed by atoms with Crippen molar-refractivity contribution in [3.8, 4) is 0 Å². The lowest BCUT2D eigenvalue weighted by Gasteiger charge is -2.44. The van der Waals surface area contributed by atoms with Crippen molar-refractivity contribution in [1.29, 1.82) is 0 Å². The Bertz CT molecular complexity index is 223. The zero-order chi connectivity index (χ0) is 13.6. The molecule has 0 aromatic rings. The Morgan fingerprint density at radius 1 is 1.33 bits per heavy atom. The predicted octanol–water partition coefficient (Wildman–Crippen LogP) is 1.16. The minimum atomic E-state index is 0.147. The van der Waals surface area contributed by atoms with E-state index in [9.17, 15) is 0 Å². The standard InChI is InChI=1S/C14H31N3O/c1-5-14(6-2,12-15)17(7-3)11-13-10-16(4)8-9-18-13/h13H,5-12,15H2,1-4H3. The molecule has 1 saturated heterocycles. The first-order valence-corrected chi connectivity index (χ1v) is 7.37. The highest BCUT2D eigenvalue weighted by atomic mass is 16.5. The van der Waals surface area contributed by atoms with Gasteiger partial charge in [-0.25, -0.2) is 0 Å². The normalized spacial score (nSPS) is 22.7. The summed E-state index contributed by atoms with van der Waals surface area (Å²) in [5.41, 5.74) is 6.19. The summed E-state index contributed by atoms with van der Waals surface area (Å²) in [6.07, 6.45) is 2.54. The summed E-state index contributed by atoms with van der Waals surface area (Å²) in [7, 11) is 2.17. The summed E-state index contributed by atoms with van der Waals surface area (Å²) in [6.45, 7) is 12.4. The van der Waals surface area contributed by atoms with Gasteiger partial charge in [0.05, 0.1) is 12.7 Å². The van der Waals surface area contributed by atoms with E-state index in [0.717, 1.165) is 52.2 Å². The van der Waals surface area contributed by atoms with Gasteiger partial charge in [0.25, 0.3) is 0 Å². The van der Waals surface area contributed by atoms with Gasteiger partial charge in [0.2, 0.25) is 0 Å². The Balaban J connectivity index is 2.64. The fourth-order valence-corrected chi connectivity index (χ4v) is 3.00. The Hall–Kier alpha value is -0.160. The average molecular weight is 257 g/mol. The predicted molar refractivity (Wildman–Crippen MR) is 76.9 cm³/mol. The molecule has 0 spiro atoms.